The number of halogens is 2. The van der Waals surface area contributed by atoms with Gasteiger partial charge in [-0.2, -0.15) is 0 Å². The second kappa shape index (κ2) is 7.79. The van der Waals surface area contributed by atoms with Gasteiger partial charge < -0.3 is 14.8 Å². The molecule has 1 aliphatic heterocycles. The number of likely N-dealkylation sites (N-methyl/N-ethyl adjacent to an activating group) is 1. The monoisotopic (exact) mass is 434 g/mol. The number of nitrogens with zero attached hydrogens (tertiary/aromatic N) is 1. The first kappa shape index (κ1) is 18.9. The molecule has 27 heavy (non-hydrogen) atoms. The molecule has 2 aromatic rings. The molecule has 0 spiro atoms. The van der Waals surface area contributed by atoms with Crippen molar-refractivity contribution in [2.45, 2.75) is 6.61 Å². The summed E-state index contributed by atoms with van der Waals surface area (Å²) in [6, 6.07) is 8.96. The van der Waals surface area contributed by atoms with Crippen LogP contribution in [0.25, 0.3) is 6.08 Å². The predicted octanol–water partition coefficient (Wildman–Crippen LogP) is 3.70. The fourth-order valence-corrected chi connectivity index (χ4v) is 3.06. The smallest absolute Gasteiger partial charge is 0.328 e. The number of urea groups is 1. The van der Waals surface area contributed by atoms with Gasteiger partial charge in [0.15, 0.2) is 11.5 Å². The molecule has 1 saturated heterocycles. The Morgan fingerprint density at radius 3 is 2.52 bits per heavy atom. The molecule has 0 unspecified atom stereocenters. The summed E-state index contributed by atoms with van der Waals surface area (Å²) < 4.78 is 24.8. The van der Waals surface area contributed by atoms with E-state index in [1.54, 1.807) is 30.3 Å². The molecule has 3 rings (SSSR count). The highest BCUT2D eigenvalue weighted by Gasteiger charge is 2.30. The number of nitrogens with one attached hydrogen (secondary N) is 1. The van der Waals surface area contributed by atoms with E-state index < -0.39 is 11.9 Å². The van der Waals surface area contributed by atoms with Crippen LogP contribution in [0.5, 0.6) is 11.5 Å². The van der Waals surface area contributed by atoms with E-state index in [2.05, 4.69) is 21.2 Å². The first-order chi connectivity index (χ1) is 12.9. The lowest BCUT2D eigenvalue weighted by molar-refractivity contribution is -0.121. The number of imide groups is 1. The quantitative estimate of drug-likeness (QED) is 0.575. The second-order valence-corrected chi connectivity index (χ2v) is 6.66. The van der Waals surface area contributed by atoms with Gasteiger partial charge in [0.2, 0.25) is 0 Å². The maximum absolute atomic E-state index is 13.0. The van der Waals surface area contributed by atoms with E-state index in [9.17, 15) is 14.0 Å². The Labute approximate surface area is 163 Å². The summed E-state index contributed by atoms with van der Waals surface area (Å²) in [5.74, 6) is 0.201. The molecule has 2 aromatic carbocycles. The van der Waals surface area contributed by atoms with Crippen molar-refractivity contribution in [3.63, 3.8) is 0 Å². The molecule has 1 N–H and O–H groups in total. The lowest BCUT2D eigenvalue weighted by Crippen LogP contribution is -2.25. The zero-order chi connectivity index (χ0) is 19.6. The predicted molar refractivity (Wildman–Crippen MR) is 101 cm³/mol. The Kier molecular flexibility index (Phi) is 5.46. The third-order valence-corrected chi connectivity index (χ3v) is 4.53. The van der Waals surface area contributed by atoms with E-state index in [0.717, 1.165) is 10.5 Å². The topological polar surface area (TPSA) is 67.9 Å². The van der Waals surface area contributed by atoms with Crippen LogP contribution in [0, 0.1) is 5.82 Å². The van der Waals surface area contributed by atoms with Crippen LogP contribution in [0.1, 0.15) is 11.1 Å². The number of carbonyl (C=O) groups is 2. The molecule has 8 heteroatoms. The molecule has 6 nitrogen and oxygen atoms in total. The molecule has 0 aromatic heterocycles. The van der Waals surface area contributed by atoms with E-state index >= 15 is 0 Å². The first-order valence-electron chi connectivity index (χ1n) is 7.94. The van der Waals surface area contributed by atoms with Crippen LogP contribution in [0.15, 0.2) is 46.6 Å². The summed E-state index contributed by atoms with van der Waals surface area (Å²) >= 11 is 3.44. The Balaban J connectivity index is 1.84. The number of benzene rings is 2. The van der Waals surface area contributed by atoms with Crippen molar-refractivity contribution in [2.24, 2.45) is 0 Å². The Hall–Kier alpha value is -2.87. The summed E-state index contributed by atoms with van der Waals surface area (Å²) in [4.78, 5) is 24.5. The molecule has 0 atom stereocenters. The maximum Gasteiger partial charge on any atom is 0.328 e. The zero-order valence-corrected chi connectivity index (χ0v) is 16.2. The van der Waals surface area contributed by atoms with Crippen molar-refractivity contribution in [1.29, 1.82) is 0 Å². The summed E-state index contributed by atoms with van der Waals surface area (Å²) in [7, 11) is 2.90. The molecule has 1 fully saturated rings. The van der Waals surface area contributed by atoms with E-state index in [-0.39, 0.29) is 18.1 Å². The Bertz CT molecular complexity index is 928. The number of hydrogen-bond acceptors (Lipinski definition) is 4. The standard InChI is InChI=1S/C19H16BrFN2O4/c1-23-18(24)15(22-19(23)25)8-12-7-14(20)17(16(9-12)26-2)27-10-11-3-5-13(21)6-4-11/h3-9H,10H2,1-2H3,(H,22,25)/b15-8+. The largest absolute Gasteiger partial charge is 0.493 e. The van der Waals surface area contributed by atoms with Gasteiger partial charge in [-0.05, 0) is 57.4 Å². The molecular formula is C19H16BrFN2O4. The number of carbonyl (C=O) groups excluding carboxylic acids is 2. The summed E-state index contributed by atoms with van der Waals surface area (Å²) in [6.07, 6.45) is 1.56. The van der Waals surface area contributed by atoms with Gasteiger partial charge in [-0.15, -0.1) is 0 Å². The van der Waals surface area contributed by atoms with E-state index in [0.29, 0.717) is 21.5 Å². The van der Waals surface area contributed by atoms with Crippen LogP contribution in [0.3, 0.4) is 0 Å². The van der Waals surface area contributed by atoms with Gasteiger partial charge in [0.25, 0.3) is 5.91 Å². The van der Waals surface area contributed by atoms with Crippen molar-refractivity contribution >= 4 is 33.9 Å². The SMILES string of the molecule is COc1cc(/C=C2/NC(=O)N(C)C2=O)cc(Br)c1OCc1ccc(F)cc1. The molecule has 0 radical (unpaired) electrons. The van der Waals surface area contributed by atoms with Crippen molar-refractivity contribution in [3.8, 4) is 11.5 Å². The molecule has 0 aliphatic carbocycles. The normalized spacial score (nSPS) is 15.3. The van der Waals surface area contributed by atoms with Crippen LogP contribution in [0.2, 0.25) is 0 Å². The number of methoxy groups -OCH3 is 1. The van der Waals surface area contributed by atoms with Gasteiger partial charge in [0, 0.05) is 7.05 Å². The van der Waals surface area contributed by atoms with Gasteiger partial charge in [-0.3, -0.25) is 9.69 Å². The number of rotatable bonds is 5. The van der Waals surface area contributed by atoms with E-state index in [1.807, 2.05) is 0 Å². The third kappa shape index (κ3) is 4.11. The molecule has 0 bridgehead atoms. The Morgan fingerprint density at radius 2 is 1.93 bits per heavy atom. The van der Waals surface area contributed by atoms with Gasteiger partial charge >= 0.3 is 6.03 Å². The van der Waals surface area contributed by atoms with E-state index in [4.69, 9.17) is 9.47 Å². The average Bonchev–Trinajstić information content (AvgIpc) is 2.88. The van der Waals surface area contributed by atoms with Crippen LogP contribution in [-0.4, -0.2) is 31.0 Å². The molecule has 0 saturated carbocycles. The highest BCUT2D eigenvalue weighted by Crippen LogP contribution is 2.37. The lowest BCUT2D eigenvalue weighted by Gasteiger charge is -2.14. The summed E-state index contributed by atoms with van der Waals surface area (Å²) in [5, 5.41) is 2.51. The minimum absolute atomic E-state index is 0.177. The van der Waals surface area contributed by atoms with Gasteiger partial charge in [-0.1, -0.05) is 12.1 Å². The van der Waals surface area contributed by atoms with Crippen molar-refractivity contribution in [3.05, 3.63) is 63.5 Å². The minimum atomic E-state index is -0.475. The number of amides is 3. The van der Waals surface area contributed by atoms with E-state index in [1.165, 1.54) is 26.3 Å². The molecular weight excluding hydrogens is 419 g/mol. The number of ether oxygens (including phenoxy) is 2. The second-order valence-electron chi connectivity index (χ2n) is 5.80. The van der Waals surface area contributed by atoms with Crippen molar-refractivity contribution < 1.29 is 23.5 Å². The van der Waals surface area contributed by atoms with Crippen LogP contribution in [-0.2, 0) is 11.4 Å². The fraction of sp³-hybridized carbons (Fsp3) is 0.158. The van der Waals surface area contributed by atoms with Crippen molar-refractivity contribution in [1.82, 2.24) is 10.2 Å². The van der Waals surface area contributed by atoms with Crippen LogP contribution in [0.4, 0.5) is 9.18 Å². The Morgan fingerprint density at radius 1 is 1.22 bits per heavy atom. The number of hydrogen-bond donors (Lipinski definition) is 1. The highest BCUT2D eigenvalue weighted by molar-refractivity contribution is 9.10. The van der Waals surface area contributed by atoms with Crippen LogP contribution >= 0.6 is 15.9 Å². The summed E-state index contributed by atoms with van der Waals surface area (Å²) in [6.45, 7) is 0.231. The molecule has 3 amide bonds. The minimum Gasteiger partial charge on any atom is -0.493 e. The molecule has 1 aliphatic rings. The molecule has 140 valence electrons. The third-order valence-electron chi connectivity index (χ3n) is 3.94. The maximum atomic E-state index is 13.0. The molecule has 1 heterocycles. The van der Waals surface area contributed by atoms with Crippen molar-refractivity contribution in [2.75, 3.05) is 14.2 Å². The lowest BCUT2D eigenvalue weighted by atomic mass is 10.1. The van der Waals surface area contributed by atoms with Gasteiger partial charge in [0.1, 0.15) is 18.1 Å². The van der Waals surface area contributed by atoms with Crippen LogP contribution < -0.4 is 14.8 Å². The van der Waals surface area contributed by atoms with Gasteiger partial charge in [0.05, 0.1) is 11.6 Å². The zero-order valence-electron chi connectivity index (χ0n) is 14.6. The summed E-state index contributed by atoms with van der Waals surface area (Å²) in [5.41, 5.74) is 1.63. The fourth-order valence-electron chi connectivity index (χ4n) is 2.49. The first-order valence-corrected chi connectivity index (χ1v) is 8.74. The highest BCUT2D eigenvalue weighted by atomic mass is 79.9. The van der Waals surface area contributed by atoms with Gasteiger partial charge in [-0.25, -0.2) is 9.18 Å². The average molecular weight is 435 g/mol.